The summed E-state index contributed by atoms with van der Waals surface area (Å²) in [5.74, 6) is -1.84. The van der Waals surface area contributed by atoms with Gasteiger partial charge in [-0.2, -0.15) is 10.2 Å². The third-order valence-corrected chi connectivity index (χ3v) is 6.97. The predicted octanol–water partition coefficient (Wildman–Crippen LogP) is -0.696. The number of hydroxylamine groups is 1. The van der Waals surface area contributed by atoms with Crippen LogP contribution in [0, 0.1) is 0 Å². The van der Waals surface area contributed by atoms with E-state index in [0.717, 1.165) is 38.8 Å². The fraction of sp³-hybridized carbons (Fsp3) is 0.571. The Labute approximate surface area is 198 Å². The van der Waals surface area contributed by atoms with Crippen LogP contribution in [0.25, 0.3) is 0 Å². The number of hydrogen-bond acceptors (Lipinski definition) is 9. The van der Waals surface area contributed by atoms with Crippen LogP contribution in [0.5, 0.6) is 0 Å². The molecule has 13 heteroatoms. The Hall–Kier alpha value is -2.42. The van der Waals surface area contributed by atoms with Crippen LogP contribution in [0.3, 0.4) is 0 Å². The van der Waals surface area contributed by atoms with Gasteiger partial charge < -0.3 is 10.4 Å². The molecule has 0 saturated carbocycles. The Balaban J connectivity index is 1.36. The SMILES string of the molecule is O=C(O)C(CNC(=O)C1CC(CCCCNC2N=CCCN2)ON1)NS(=O)(=O)c1ccccc1. The van der Waals surface area contributed by atoms with E-state index in [1.165, 1.54) is 24.3 Å². The third kappa shape index (κ3) is 8.11. The Morgan fingerprint density at radius 2 is 2.03 bits per heavy atom. The maximum atomic E-state index is 12.5. The van der Waals surface area contributed by atoms with Gasteiger partial charge in [0.2, 0.25) is 15.9 Å². The van der Waals surface area contributed by atoms with Crippen molar-refractivity contribution in [3.05, 3.63) is 30.3 Å². The summed E-state index contributed by atoms with van der Waals surface area (Å²) in [6.07, 6.45) is 5.76. The second-order valence-electron chi connectivity index (χ2n) is 8.14. The number of rotatable bonds is 13. The Bertz CT molecular complexity index is 944. The number of aliphatic carboxylic acids is 1. The first-order valence-corrected chi connectivity index (χ1v) is 12.8. The minimum atomic E-state index is -4.04. The molecule has 4 atom stereocenters. The molecule has 1 aromatic rings. The Morgan fingerprint density at radius 3 is 2.74 bits per heavy atom. The lowest BCUT2D eigenvalue weighted by Crippen LogP contribution is -2.51. The zero-order valence-electron chi connectivity index (χ0n) is 18.8. The number of carbonyl (C=O) groups is 2. The summed E-state index contributed by atoms with van der Waals surface area (Å²) in [4.78, 5) is 33.7. The van der Waals surface area contributed by atoms with Crippen molar-refractivity contribution in [2.75, 3.05) is 19.6 Å². The van der Waals surface area contributed by atoms with Crippen molar-refractivity contribution in [1.29, 1.82) is 0 Å². The van der Waals surface area contributed by atoms with Crippen LogP contribution < -0.4 is 26.2 Å². The van der Waals surface area contributed by atoms with Crippen molar-refractivity contribution in [3.63, 3.8) is 0 Å². The summed E-state index contributed by atoms with van der Waals surface area (Å²) in [5.41, 5.74) is 2.68. The second kappa shape index (κ2) is 12.9. The van der Waals surface area contributed by atoms with E-state index in [9.17, 15) is 23.1 Å². The number of sulfonamides is 1. The monoisotopic (exact) mass is 496 g/mol. The largest absolute Gasteiger partial charge is 0.480 e. The van der Waals surface area contributed by atoms with Gasteiger partial charge in [-0.15, -0.1) is 0 Å². The number of aliphatic imine (C=N–C) groups is 1. The number of unbranched alkanes of at least 4 members (excludes halogenated alkanes) is 1. The van der Waals surface area contributed by atoms with Crippen molar-refractivity contribution in [2.24, 2.45) is 4.99 Å². The lowest BCUT2D eigenvalue weighted by Gasteiger charge is -2.19. The summed E-state index contributed by atoms with van der Waals surface area (Å²) in [7, 11) is -4.04. The highest BCUT2D eigenvalue weighted by Crippen LogP contribution is 2.16. The molecule has 0 radical (unpaired) electrons. The van der Waals surface area contributed by atoms with Crippen molar-refractivity contribution < 1.29 is 28.0 Å². The minimum Gasteiger partial charge on any atom is -0.480 e. The summed E-state index contributed by atoms with van der Waals surface area (Å²) in [6.45, 7) is 1.33. The van der Waals surface area contributed by atoms with Crippen LogP contribution >= 0.6 is 0 Å². The highest BCUT2D eigenvalue weighted by atomic mass is 32.2. The average molecular weight is 497 g/mol. The van der Waals surface area contributed by atoms with Gasteiger partial charge in [0.05, 0.1) is 11.0 Å². The maximum absolute atomic E-state index is 12.5. The number of benzene rings is 1. The number of carbonyl (C=O) groups excluding carboxylic acids is 1. The highest BCUT2D eigenvalue weighted by Gasteiger charge is 2.32. The second-order valence-corrected chi connectivity index (χ2v) is 9.86. The van der Waals surface area contributed by atoms with Crippen LogP contribution in [-0.4, -0.2) is 75.7 Å². The summed E-state index contributed by atoms with van der Waals surface area (Å²) < 4.78 is 26.9. The van der Waals surface area contributed by atoms with Crippen molar-refractivity contribution in [3.8, 4) is 0 Å². The zero-order chi connectivity index (χ0) is 24.4. The Kier molecular flexibility index (Phi) is 9.92. The summed E-state index contributed by atoms with van der Waals surface area (Å²) in [6, 6.07) is 5.29. The van der Waals surface area contributed by atoms with Gasteiger partial charge in [-0.05, 0) is 44.4 Å². The van der Waals surface area contributed by atoms with E-state index in [1.807, 2.05) is 6.21 Å². The van der Waals surface area contributed by atoms with E-state index in [4.69, 9.17) is 4.84 Å². The van der Waals surface area contributed by atoms with Gasteiger partial charge in [-0.25, -0.2) is 8.42 Å². The van der Waals surface area contributed by atoms with E-state index in [0.29, 0.717) is 6.42 Å². The summed E-state index contributed by atoms with van der Waals surface area (Å²) >= 11 is 0. The lowest BCUT2D eigenvalue weighted by atomic mass is 10.1. The molecule has 2 aliphatic heterocycles. The van der Waals surface area contributed by atoms with E-state index in [1.54, 1.807) is 6.07 Å². The number of carboxylic acid groups (broad SMARTS) is 1. The molecule has 6 N–H and O–H groups in total. The fourth-order valence-corrected chi connectivity index (χ4v) is 4.82. The molecule has 34 heavy (non-hydrogen) atoms. The highest BCUT2D eigenvalue weighted by molar-refractivity contribution is 7.89. The Morgan fingerprint density at radius 1 is 1.24 bits per heavy atom. The number of nitrogens with zero attached hydrogens (tertiary/aromatic N) is 1. The first kappa shape index (κ1) is 26.2. The molecule has 1 aromatic carbocycles. The van der Waals surface area contributed by atoms with E-state index in [-0.39, 0.29) is 17.3 Å². The number of nitrogens with one attached hydrogen (secondary N) is 5. The smallest absolute Gasteiger partial charge is 0.323 e. The molecule has 0 bridgehead atoms. The maximum Gasteiger partial charge on any atom is 0.323 e. The fourth-order valence-electron chi connectivity index (χ4n) is 3.61. The zero-order valence-corrected chi connectivity index (χ0v) is 19.6. The van der Waals surface area contributed by atoms with Crippen molar-refractivity contribution in [2.45, 2.75) is 61.5 Å². The van der Waals surface area contributed by atoms with Gasteiger partial charge >= 0.3 is 5.97 Å². The van der Waals surface area contributed by atoms with Crippen LogP contribution in [0.1, 0.15) is 32.1 Å². The van der Waals surface area contributed by atoms with Gasteiger partial charge in [0, 0.05) is 25.7 Å². The molecule has 1 saturated heterocycles. The van der Waals surface area contributed by atoms with Gasteiger partial charge in [0.25, 0.3) is 0 Å². The molecule has 4 unspecified atom stereocenters. The molecular weight excluding hydrogens is 464 g/mol. The molecule has 0 aromatic heterocycles. The average Bonchev–Trinajstić information content (AvgIpc) is 3.31. The molecule has 0 aliphatic carbocycles. The third-order valence-electron chi connectivity index (χ3n) is 5.48. The molecular formula is C21H32N6O6S. The number of hydrogen-bond donors (Lipinski definition) is 6. The first-order valence-electron chi connectivity index (χ1n) is 11.3. The van der Waals surface area contributed by atoms with Crippen LogP contribution in [0.2, 0.25) is 0 Å². The van der Waals surface area contributed by atoms with Gasteiger partial charge in [-0.1, -0.05) is 18.2 Å². The van der Waals surface area contributed by atoms with E-state index < -0.39 is 40.5 Å². The molecule has 3 rings (SSSR count). The molecule has 12 nitrogen and oxygen atoms in total. The summed E-state index contributed by atoms with van der Waals surface area (Å²) in [5, 5.41) is 18.5. The van der Waals surface area contributed by atoms with E-state index in [2.05, 4.69) is 31.1 Å². The number of amides is 1. The molecule has 2 aliphatic rings. The molecule has 1 amide bonds. The number of carboxylic acids is 1. The van der Waals surface area contributed by atoms with Gasteiger partial charge in [-0.3, -0.25) is 30.1 Å². The predicted molar refractivity (Wildman–Crippen MR) is 124 cm³/mol. The molecule has 2 heterocycles. The first-order chi connectivity index (χ1) is 16.3. The normalized spacial score (nSPS) is 23.5. The molecule has 0 spiro atoms. The van der Waals surface area contributed by atoms with Gasteiger partial charge in [0.15, 0.2) is 6.29 Å². The lowest BCUT2D eigenvalue weighted by molar-refractivity contribution is -0.139. The molecule has 1 fully saturated rings. The van der Waals surface area contributed by atoms with Crippen LogP contribution in [-0.2, 0) is 24.4 Å². The van der Waals surface area contributed by atoms with E-state index >= 15 is 0 Å². The van der Waals surface area contributed by atoms with Crippen LogP contribution in [0.4, 0.5) is 0 Å². The van der Waals surface area contributed by atoms with Crippen molar-refractivity contribution in [1.82, 2.24) is 26.2 Å². The topological polar surface area (TPSA) is 170 Å². The minimum absolute atomic E-state index is 0.0296. The standard InChI is InChI=1S/C21H32N6O6S/c28-19(25-14-18(20(29)30)27-34(31,32)16-8-2-1-3-9-16)17-13-15(33-26-17)7-4-5-10-22-21-23-11-6-12-24-21/h1-3,8-9,11,15,17-18,21-22,24,26-27H,4-7,10,12-14H2,(H,25,28)(H,29,30). The van der Waals surface area contributed by atoms with Gasteiger partial charge in [0.1, 0.15) is 12.1 Å². The van der Waals surface area contributed by atoms with Crippen LogP contribution in [0.15, 0.2) is 40.2 Å². The quantitative estimate of drug-likeness (QED) is 0.193. The molecule has 188 valence electrons. The van der Waals surface area contributed by atoms with Crippen molar-refractivity contribution >= 4 is 28.1 Å².